The topological polar surface area (TPSA) is 78.9 Å². The van der Waals surface area contributed by atoms with Crippen molar-refractivity contribution in [2.24, 2.45) is 0 Å². The lowest BCUT2D eigenvalue weighted by Crippen LogP contribution is -2.30. The van der Waals surface area contributed by atoms with E-state index in [1.165, 1.54) is 167 Å². The number of carbonyl (C=O) groups excluding carboxylic acids is 3. The van der Waals surface area contributed by atoms with E-state index >= 15 is 0 Å². The smallest absolute Gasteiger partial charge is 0.306 e. The molecule has 0 aromatic rings. The number of hydrogen-bond acceptors (Lipinski definition) is 6. The Hall–Kier alpha value is -3.67. The number of allylic oxidation sites excluding steroid dienone is 16. The van der Waals surface area contributed by atoms with Crippen LogP contribution in [0, 0.1) is 0 Å². The summed E-state index contributed by atoms with van der Waals surface area (Å²) in [7, 11) is 0. The molecular weight excluding hydrogens is 961 g/mol. The lowest BCUT2D eigenvalue weighted by atomic mass is 10.0. The molecule has 0 aliphatic rings. The molecule has 6 heteroatoms. The van der Waals surface area contributed by atoms with E-state index < -0.39 is 6.10 Å². The van der Waals surface area contributed by atoms with Crippen LogP contribution in [-0.4, -0.2) is 37.2 Å². The van der Waals surface area contributed by atoms with Gasteiger partial charge in [0.15, 0.2) is 6.10 Å². The van der Waals surface area contributed by atoms with Gasteiger partial charge in [-0.2, -0.15) is 0 Å². The largest absolute Gasteiger partial charge is 0.462 e. The van der Waals surface area contributed by atoms with Crippen LogP contribution < -0.4 is 0 Å². The van der Waals surface area contributed by atoms with Crippen LogP contribution in [-0.2, 0) is 28.6 Å². The molecule has 0 bridgehead atoms. The minimum absolute atomic E-state index is 0.0773. The second-order valence-electron chi connectivity index (χ2n) is 22.0. The van der Waals surface area contributed by atoms with Gasteiger partial charge in [-0.3, -0.25) is 14.4 Å². The predicted octanol–water partition coefficient (Wildman–Crippen LogP) is 22.8. The normalized spacial score (nSPS) is 12.7. The minimum Gasteiger partial charge on any atom is -0.462 e. The van der Waals surface area contributed by atoms with Crippen molar-refractivity contribution in [3.8, 4) is 0 Å². The third kappa shape index (κ3) is 63.2. The van der Waals surface area contributed by atoms with Gasteiger partial charge in [-0.25, -0.2) is 0 Å². The third-order valence-electron chi connectivity index (χ3n) is 14.3. The number of rotatable bonds is 60. The van der Waals surface area contributed by atoms with Crippen molar-refractivity contribution in [2.75, 3.05) is 13.2 Å². The molecule has 0 radical (unpaired) electrons. The van der Waals surface area contributed by atoms with Crippen LogP contribution in [0.1, 0.15) is 323 Å². The fraction of sp³-hybridized carbons (Fsp3) is 0.736. The van der Waals surface area contributed by atoms with Crippen LogP contribution in [0.3, 0.4) is 0 Å². The predicted molar refractivity (Wildman–Crippen MR) is 339 cm³/mol. The van der Waals surface area contributed by atoms with Gasteiger partial charge in [0.05, 0.1) is 0 Å². The molecule has 0 N–H and O–H groups in total. The fourth-order valence-corrected chi connectivity index (χ4v) is 9.43. The first-order valence-electron chi connectivity index (χ1n) is 33.2. The Balaban J connectivity index is 4.20. The number of esters is 3. The number of hydrogen-bond donors (Lipinski definition) is 0. The summed E-state index contributed by atoms with van der Waals surface area (Å²) in [6, 6.07) is 0. The lowest BCUT2D eigenvalue weighted by Gasteiger charge is -2.18. The summed E-state index contributed by atoms with van der Waals surface area (Å²) in [5.41, 5.74) is 0. The van der Waals surface area contributed by atoms with Gasteiger partial charge in [0.2, 0.25) is 0 Å². The summed E-state index contributed by atoms with van der Waals surface area (Å²) in [5.74, 6) is -0.874. The molecule has 1 unspecified atom stereocenters. The van der Waals surface area contributed by atoms with Gasteiger partial charge in [-0.15, -0.1) is 0 Å². The van der Waals surface area contributed by atoms with E-state index in [2.05, 4.69) is 118 Å². The number of ether oxygens (including phenoxy) is 3. The Morgan fingerprint density at radius 3 is 0.782 bits per heavy atom. The Labute approximate surface area is 483 Å². The second kappa shape index (κ2) is 65.8. The molecule has 0 fully saturated rings. The van der Waals surface area contributed by atoms with Crippen LogP contribution in [0.15, 0.2) is 97.2 Å². The quantitative estimate of drug-likeness (QED) is 0.0261. The molecule has 1 atom stereocenters. The molecule has 0 saturated carbocycles. The summed E-state index contributed by atoms with van der Waals surface area (Å²) in [4.78, 5) is 38.3. The van der Waals surface area contributed by atoms with Crippen molar-refractivity contribution in [3.63, 3.8) is 0 Å². The van der Waals surface area contributed by atoms with Crippen molar-refractivity contribution >= 4 is 17.9 Å². The molecule has 0 aromatic carbocycles. The molecule has 0 aliphatic heterocycles. The minimum atomic E-state index is -0.781. The van der Waals surface area contributed by atoms with Gasteiger partial charge in [0, 0.05) is 19.3 Å². The maximum atomic E-state index is 12.9. The van der Waals surface area contributed by atoms with Crippen molar-refractivity contribution in [1.29, 1.82) is 0 Å². The fourth-order valence-electron chi connectivity index (χ4n) is 9.43. The van der Waals surface area contributed by atoms with E-state index in [0.29, 0.717) is 19.3 Å². The van der Waals surface area contributed by atoms with Gasteiger partial charge in [-0.1, -0.05) is 304 Å². The molecule has 0 amide bonds. The Morgan fingerprint density at radius 1 is 0.269 bits per heavy atom. The van der Waals surface area contributed by atoms with Gasteiger partial charge in [-0.05, 0) is 96.3 Å². The van der Waals surface area contributed by atoms with Crippen LogP contribution in [0.2, 0.25) is 0 Å². The van der Waals surface area contributed by atoms with Crippen molar-refractivity contribution in [1.82, 2.24) is 0 Å². The molecule has 6 nitrogen and oxygen atoms in total. The lowest BCUT2D eigenvalue weighted by molar-refractivity contribution is -0.167. The summed E-state index contributed by atoms with van der Waals surface area (Å²) < 4.78 is 16.9. The average molecular weight is 1090 g/mol. The van der Waals surface area contributed by atoms with Crippen LogP contribution in [0.4, 0.5) is 0 Å². The molecule has 0 rings (SSSR count). The third-order valence-corrected chi connectivity index (χ3v) is 14.3. The standard InChI is InChI=1S/C72H124O6/c1-4-7-10-13-16-19-22-25-27-29-30-31-32-33-34-35-36-37-38-39-40-41-42-44-45-47-50-53-56-59-62-65-71(74)77-68-69(67-76-70(73)64-61-58-55-52-49-24-21-18-15-12-9-6-3)78-72(75)66-63-60-57-54-51-48-46-43-28-26-23-20-17-14-11-8-5-2/h7-8,10-11,16-17,19-20,25-28,30-31,33-34,69H,4-6,9,12-15,18,21-24,29,32,35-68H2,1-3H3/b10-7-,11-8-,19-16-,20-17-,27-25-,28-26-,31-30-,34-33-. The number of unbranched alkanes of at least 4 members (excludes halogenated alkanes) is 33. The first-order valence-corrected chi connectivity index (χ1v) is 33.2. The zero-order valence-electron chi connectivity index (χ0n) is 51.4. The monoisotopic (exact) mass is 1080 g/mol. The summed E-state index contributed by atoms with van der Waals surface area (Å²) in [6.07, 6.45) is 88.5. The maximum Gasteiger partial charge on any atom is 0.306 e. The molecular formula is C72H124O6. The summed E-state index contributed by atoms with van der Waals surface area (Å²) >= 11 is 0. The van der Waals surface area contributed by atoms with Gasteiger partial charge >= 0.3 is 17.9 Å². The molecule has 448 valence electrons. The maximum absolute atomic E-state index is 12.9. The van der Waals surface area contributed by atoms with E-state index in [4.69, 9.17) is 14.2 Å². The van der Waals surface area contributed by atoms with Crippen molar-refractivity contribution in [3.05, 3.63) is 97.2 Å². The number of carbonyl (C=O) groups is 3. The zero-order chi connectivity index (χ0) is 56.4. The second-order valence-corrected chi connectivity index (χ2v) is 22.0. The zero-order valence-corrected chi connectivity index (χ0v) is 51.4. The van der Waals surface area contributed by atoms with Crippen LogP contribution >= 0.6 is 0 Å². The van der Waals surface area contributed by atoms with E-state index in [9.17, 15) is 14.4 Å². The van der Waals surface area contributed by atoms with E-state index in [0.717, 1.165) is 116 Å². The van der Waals surface area contributed by atoms with Crippen molar-refractivity contribution < 1.29 is 28.6 Å². The van der Waals surface area contributed by atoms with Crippen LogP contribution in [0.5, 0.6) is 0 Å². The first-order chi connectivity index (χ1) is 38.5. The van der Waals surface area contributed by atoms with Gasteiger partial charge in [0.25, 0.3) is 0 Å². The Kier molecular flexibility index (Phi) is 62.7. The molecule has 0 aromatic heterocycles. The molecule has 0 heterocycles. The van der Waals surface area contributed by atoms with E-state index in [1.807, 2.05) is 0 Å². The average Bonchev–Trinajstić information content (AvgIpc) is 3.44. The van der Waals surface area contributed by atoms with E-state index in [-0.39, 0.29) is 31.1 Å². The highest BCUT2D eigenvalue weighted by molar-refractivity contribution is 5.71. The summed E-state index contributed by atoms with van der Waals surface area (Å²) in [5, 5.41) is 0. The van der Waals surface area contributed by atoms with Gasteiger partial charge < -0.3 is 14.2 Å². The highest BCUT2D eigenvalue weighted by atomic mass is 16.6. The molecule has 0 saturated heterocycles. The van der Waals surface area contributed by atoms with Gasteiger partial charge in [0.1, 0.15) is 13.2 Å². The molecule has 78 heavy (non-hydrogen) atoms. The molecule has 0 spiro atoms. The SMILES string of the molecule is CC/C=C\C/C=C\C/C=C\C/C=C\C/C=C\CCCCCCCCCCCCCCCCCC(=O)OCC(COC(=O)CCCCCCCCCCCCCC)OC(=O)CCCCCCCCC/C=C\C/C=C\C/C=C\CC. The highest BCUT2D eigenvalue weighted by Gasteiger charge is 2.19. The Morgan fingerprint density at radius 2 is 0.500 bits per heavy atom. The first kappa shape index (κ1) is 74.3. The highest BCUT2D eigenvalue weighted by Crippen LogP contribution is 2.17. The van der Waals surface area contributed by atoms with E-state index in [1.54, 1.807) is 0 Å². The Bertz CT molecular complexity index is 1530. The summed E-state index contributed by atoms with van der Waals surface area (Å²) in [6.45, 7) is 6.44. The molecule has 0 aliphatic carbocycles. The van der Waals surface area contributed by atoms with Crippen LogP contribution in [0.25, 0.3) is 0 Å². The van der Waals surface area contributed by atoms with Crippen molar-refractivity contribution in [2.45, 2.75) is 329 Å².